The number of aromatic nitrogens is 1. The van der Waals surface area contributed by atoms with Gasteiger partial charge in [0.15, 0.2) is 5.76 Å². The average molecular weight is 469 g/mol. The number of furan rings is 1. The lowest BCUT2D eigenvalue weighted by atomic mass is 9.93. The maximum atomic E-state index is 13.2. The number of aryl methyl sites for hydroxylation is 1. The smallest absolute Gasteiger partial charge is 0.291 e. The molecule has 0 fully saturated rings. The standard InChI is InChI=1S/C27H24N4O4/c1-16-24-22(30-31-26(32)17-7-3-8-18(15-17)34-2)12-5-13-23(24)35-25(16)27(33)29-21-11-4-10-20-19(21)9-6-14-28-20/h3-4,6-11,14-15H,5,12-13H2,1-2H3,(H,29,33)(H,31,32)/b30-22+. The van der Waals surface area contributed by atoms with Crippen molar-refractivity contribution < 1.29 is 18.7 Å². The van der Waals surface area contributed by atoms with Crippen LogP contribution in [0.5, 0.6) is 5.75 Å². The Morgan fingerprint density at radius 2 is 1.91 bits per heavy atom. The minimum Gasteiger partial charge on any atom is -0.497 e. The molecule has 2 aromatic heterocycles. The largest absolute Gasteiger partial charge is 0.497 e. The molecule has 35 heavy (non-hydrogen) atoms. The lowest BCUT2D eigenvalue weighted by Gasteiger charge is -2.13. The van der Waals surface area contributed by atoms with Gasteiger partial charge in [-0.15, -0.1) is 0 Å². The van der Waals surface area contributed by atoms with Crippen LogP contribution in [0.25, 0.3) is 10.9 Å². The van der Waals surface area contributed by atoms with Gasteiger partial charge in [-0.3, -0.25) is 14.6 Å². The Bertz CT molecular complexity index is 1470. The molecule has 2 N–H and O–H groups in total. The van der Waals surface area contributed by atoms with Crippen LogP contribution in [0.15, 0.2) is 70.3 Å². The molecule has 0 saturated carbocycles. The molecule has 0 bridgehead atoms. The first kappa shape index (κ1) is 22.3. The summed E-state index contributed by atoms with van der Waals surface area (Å²) >= 11 is 0. The molecule has 0 saturated heterocycles. The third-order valence-corrected chi connectivity index (χ3v) is 6.05. The predicted octanol–water partition coefficient (Wildman–Crippen LogP) is 4.87. The molecule has 1 aliphatic carbocycles. The van der Waals surface area contributed by atoms with Crippen molar-refractivity contribution in [3.05, 3.63) is 89.0 Å². The molecule has 2 aromatic carbocycles. The molecule has 0 spiro atoms. The number of ether oxygens (including phenoxy) is 1. The first-order valence-corrected chi connectivity index (χ1v) is 11.3. The van der Waals surface area contributed by atoms with Gasteiger partial charge >= 0.3 is 0 Å². The highest BCUT2D eigenvalue weighted by molar-refractivity contribution is 6.11. The van der Waals surface area contributed by atoms with Gasteiger partial charge in [0.25, 0.3) is 11.8 Å². The topological polar surface area (TPSA) is 106 Å². The maximum Gasteiger partial charge on any atom is 0.291 e. The van der Waals surface area contributed by atoms with E-state index < -0.39 is 0 Å². The van der Waals surface area contributed by atoms with Crippen molar-refractivity contribution in [3.8, 4) is 5.75 Å². The van der Waals surface area contributed by atoms with Crippen molar-refractivity contribution in [2.45, 2.75) is 26.2 Å². The van der Waals surface area contributed by atoms with Crippen molar-refractivity contribution >= 4 is 34.1 Å². The number of nitrogens with zero attached hydrogens (tertiary/aromatic N) is 2. The van der Waals surface area contributed by atoms with E-state index in [4.69, 9.17) is 9.15 Å². The van der Waals surface area contributed by atoms with Crippen LogP contribution in [0.4, 0.5) is 5.69 Å². The lowest BCUT2D eigenvalue weighted by Crippen LogP contribution is -2.22. The first-order chi connectivity index (χ1) is 17.0. The lowest BCUT2D eigenvalue weighted by molar-refractivity contribution is 0.0953. The Labute approximate surface area is 202 Å². The second kappa shape index (κ2) is 9.42. The van der Waals surface area contributed by atoms with Crippen molar-refractivity contribution in [2.24, 2.45) is 5.10 Å². The van der Waals surface area contributed by atoms with Crippen molar-refractivity contribution in [3.63, 3.8) is 0 Å². The Balaban J connectivity index is 1.40. The fourth-order valence-corrected chi connectivity index (χ4v) is 4.34. The Morgan fingerprint density at radius 1 is 1.06 bits per heavy atom. The van der Waals surface area contributed by atoms with Crippen LogP contribution in [-0.2, 0) is 6.42 Å². The molecule has 8 heteroatoms. The van der Waals surface area contributed by atoms with Crippen LogP contribution in [-0.4, -0.2) is 29.6 Å². The monoisotopic (exact) mass is 468 g/mol. The van der Waals surface area contributed by atoms with Gasteiger partial charge in [-0.05, 0) is 62.2 Å². The first-order valence-electron chi connectivity index (χ1n) is 11.3. The summed E-state index contributed by atoms with van der Waals surface area (Å²) < 4.78 is 11.2. The fraction of sp³-hybridized carbons (Fsp3) is 0.185. The molecule has 0 atom stereocenters. The molecule has 0 radical (unpaired) electrons. The molecule has 4 aromatic rings. The zero-order valence-electron chi connectivity index (χ0n) is 19.4. The number of anilines is 1. The van der Waals surface area contributed by atoms with Gasteiger partial charge in [0, 0.05) is 34.7 Å². The van der Waals surface area contributed by atoms with Crippen LogP contribution in [0.1, 0.15) is 50.6 Å². The normalized spacial score (nSPS) is 13.9. The van der Waals surface area contributed by atoms with Gasteiger partial charge < -0.3 is 14.5 Å². The molecule has 2 heterocycles. The molecular weight excluding hydrogens is 444 g/mol. The molecule has 176 valence electrons. The summed E-state index contributed by atoms with van der Waals surface area (Å²) in [7, 11) is 1.55. The molecule has 0 unspecified atom stereocenters. The van der Waals surface area contributed by atoms with E-state index >= 15 is 0 Å². The summed E-state index contributed by atoms with van der Waals surface area (Å²) in [5.41, 5.74) is 6.70. The summed E-state index contributed by atoms with van der Waals surface area (Å²) in [6.07, 6.45) is 3.89. The molecule has 5 rings (SSSR count). The van der Waals surface area contributed by atoms with Gasteiger partial charge in [-0.2, -0.15) is 5.10 Å². The van der Waals surface area contributed by atoms with Crippen LogP contribution in [0, 0.1) is 6.92 Å². The second-order valence-corrected chi connectivity index (χ2v) is 8.27. The van der Waals surface area contributed by atoms with E-state index in [9.17, 15) is 9.59 Å². The molecule has 2 amide bonds. The number of amides is 2. The van der Waals surface area contributed by atoms with E-state index in [1.54, 1.807) is 37.6 Å². The number of carbonyl (C=O) groups excluding carboxylic acids is 2. The summed E-state index contributed by atoms with van der Waals surface area (Å²) in [6, 6.07) is 16.2. The van der Waals surface area contributed by atoms with Crippen molar-refractivity contribution in [1.29, 1.82) is 0 Å². The van der Waals surface area contributed by atoms with Gasteiger partial charge in [-0.1, -0.05) is 12.1 Å². The van der Waals surface area contributed by atoms with Gasteiger partial charge in [-0.25, -0.2) is 5.43 Å². The van der Waals surface area contributed by atoms with E-state index in [-0.39, 0.29) is 17.6 Å². The zero-order valence-corrected chi connectivity index (χ0v) is 19.4. The number of nitrogens with one attached hydrogen (secondary N) is 2. The van der Waals surface area contributed by atoms with Gasteiger partial charge in [0.2, 0.25) is 0 Å². The third kappa shape index (κ3) is 4.38. The van der Waals surface area contributed by atoms with E-state index in [0.29, 0.717) is 46.9 Å². The number of benzene rings is 2. The minimum absolute atomic E-state index is 0.240. The van der Waals surface area contributed by atoms with E-state index in [2.05, 4.69) is 20.8 Å². The summed E-state index contributed by atoms with van der Waals surface area (Å²) in [5.74, 6) is 0.853. The van der Waals surface area contributed by atoms with Crippen LogP contribution in [0.2, 0.25) is 0 Å². The maximum absolute atomic E-state index is 13.2. The fourth-order valence-electron chi connectivity index (χ4n) is 4.34. The second-order valence-electron chi connectivity index (χ2n) is 8.27. The van der Waals surface area contributed by atoms with E-state index in [0.717, 1.165) is 22.9 Å². The average Bonchev–Trinajstić information content (AvgIpc) is 3.24. The van der Waals surface area contributed by atoms with Crippen LogP contribution in [0.3, 0.4) is 0 Å². The van der Waals surface area contributed by atoms with Crippen LogP contribution >= 0.6 is 0 Å². The third-order valence-electron chi connectivity index (χ3n) is 6.05. The predicted molar refractivity (Wildman–Crippen MR) is 133 cm³/mol. The minimum atomic E-state index is -0.341. The summed E-state index contributed by atoms with van der Waals surface area (Å²) in [5, 5.41) is 8.19. The summed E-state index contributed by atoms with van der Waals surface area (Å²) in [4.78, 5) is 30.1. The summed E-state index contributed by atoms with van der Waals surface area (Å²) in [6.45, 7) is 1.84. The zero-order chi connectivity index (χ0) is 24.4. The Kier molecular flexibility index (Phi) is 6.01. The van der Waals surface area contributed by atoms with Crippen molar-refractivity contribution in [1.82, 2.24) is 10.4 Å². The van der Waals surface area contributed by atoms with E-state index in [1.807, 2.05) is 37.3 Å². The van der Waals surface area contributed by atoms with E-state index in [1.165, 1.54) is 0 Å². The number of hydrazone groups is 1. The highest BCUT2D eigenvalue weighted by atomic mass is 16.5. The number of hydrogen-bond donors (Lipinski definition) is 2. The Hall–Kier alpha value is -4.46. The molecule has 8 nitrogen and oxygen atoms in total. The number of methoxy groups -OCH3 is 1. The number of rotatable bonds is 5. The molecule has 1 aliphatic rings. The van der Waals surface area contributed by atoms with Crippen LogP contribution < -0.4 is 15.5 Å². The molecular formula is C27H24N4O4. The van der Waals surface area contributed by atoms with Crippen molar-refractivity contribution in [2.75, 3.05) is 12.4 Å². The highest BCUT2D eigenvalue weighted by Gasteiger charge is 2.28. The van der Waals surface area contributed by atoms with Gasteiger partial charge in [0.1, 0.15) is 11.5 Å². The number of pyridine rings is 1. The van der Waals surface area contributed by atoms with Gasteiger partial charge in [0.05, 0.1) is 24.0 Å². The number of fused-ring (bicyclic) bond motifs is 2. The highest BCUT2D eigenvalue weighted by Crippen LogP contribution is 2.31. The quantitative estimate of drug-likeness (QED) is 0.407. The number of hydrogen-bond acceptors (Lipinski definition) is 6. The molecule has 0 aliphatic heterocycles. The number of carbonyl (C=O) groups is 2. The Morgan fingerprint density at radius 3 is 2.77 bits per heavy atom. The SMILES string of the molecule is COc1cccc(C(=O)N/N=C2\CCCc3oc(C(=O)Nc4cccc5ncccc45)c(C)c32)c1.